The minimum Gasteiger partial charge on any atom is -0.492 e. The summed E-state index contributed by atoms with van der Waals surface area (Å²) in [6, 6.07) is 5.94. The van der Waals surface area contributed by atoms with Crippen molar-refractivity contribution in [3.63, 3.8) is 0 Å². The van der Waals surface area contributed by atoms with Crippen LogP contribution in [0.2, 0.25) is 5.02 Å². The van der Waals surface area contributed by atoms with E-state index in [4.69, 9.17) is 37.0 Å². The van der Waals surface area contributed by atoms with Crippen LogP contribution in [0.3, 0.4) is 0 Å². The maximum absolute atomic E-state index is 13.8. The first-order valence-corrected chi connectivity index (χ1v) is 16.0. The number of anilines is 2. The Morgan fingerprint density at radius 2 is 2.05 bits per heavy atom. The Labute approximate surface area is 260 Å². The monoisotopic (exact) mass is 605 g/mol. The molecule has 1 aromatic heterocycles. The number of hydrogen-bond donors (Lipinski definition) is 1. The number of halogens is 1. The quantitative estimate of drug-likeness (QED) is 0.412. The summed E-state index contributed by atoms with van der Waals surface area (Å²) < 4.78 is 5.70. The molecule has 230 valence electrons. The highest BCUT2D eigenvalue weighted by molar-refractivity contribution is 6.32. The van der Waals surface area contributed by atoms with E-state index in [1.165, 1.54) is 6.33 Å². The van der Waals surface area contributed by atoms with E-state index in [1.807, 2.05) is 43.2 Å². The maximum atomic E-state index is 13.8. The molecule has 3 aliphatic rings. The Bertz CT molecular complexity index is 1440. The zero-order valence-corrected chi connectivity index (χ0v) is 26.8. The minimum absolute atomic E-state index is 0.00789. The smallest absolute Gasteiger partial charge is 0.223 e. The Morgan fingerprint density at radius 3 is 2.79 bits per heavy atom. The van der Waals surface area contributed by atoms with Crippen molar-refractivity contribution in [1.82, 2.24) is 14.9 Å². The normalized spacial score (nSPS) is 24.7. The van der Waals surface area contributed by atoms with Gasteiger partial charge in [-0.3, -0.25) is 14.8 Å². The molecular weight excluding hydrogens is 562 g/mol. The number of allylic oxidation sites excluding steroid dienone is 2. The first-order valence-electron chi connectivity index (χ1n) is 15.6. The largest absolute Gasteiger partial charge is 0.492 e. The number of aliphatic imine (C=N–C) groups is 2. The second-order valence-corrected chi connectivity index (χ2v) is 12.3. The summed E-state index contributed by atoms with van der Waals surface area (Å²) in [5, 5.41) is 0.605. The van der Waals surface area contributed by atoms with Crippen LogP contribution in [0.25, 0.3) is 5.57 Å². The molecule has 1 fully saturated rings. The van der Waals surface area contributed by atoms with Crippen molar-refractivity contribution in [2.75, 3.05) is 43.4 Å². The number of nitrogens with two attached hydrogens (primary N) is 1. The number of aromatic nitrogens is 2. The van der Waals surface area contributed by atoms with Crippen molar-refractivity contribution in [2.24, 2.45) is 21.8 Å². The van der Waals surface area contributed by atoms with E-state index in [0.29, 0.717) is 48.6 Å². The fourth-order valence-corrected chi connectivity index (χ4v) is 6.87. The van der Waals surface area contributed by atoms with Crippen LogP contribution in [-0.4, -0.2) is 71.5 Å². The molecule has 2 N–H and O–H groups in total. The van der Waals surface area contributed by atoms with Gasteiger partial charge in [-0.25, -0.2) is 9.97 Å². The number of ether oxygens (including phenoxy) is 1. The summed E-state index contributed by atoms with van der Waals surface area (Å²) >= 11 is 6.31. The van der Waals surface area contributed by atoms with Crippen LogP contribution < -0.4 is 15.4 Å². The SMILES string of the molecule is CCOc1cc(N2CCN(C(=O)CC(C)C3CN=C(C)/C(=C4/N=CCCC4CC)c4c(N)ncnc43)C(C)C2)ccc1Cl. The summed E-state index contributed by atoms with van der Waals surface area (Å²) in [6.45, 7) is 13.7. The molecule has 2 aromatic rings. The number of fused-ring (bicyclic) bond motifs is 1. The number of nitrogen functional groups attached to an aromatic ring is 1. The molecule has 0 aliphatic carbocycles. The second-order valence-electron chi connectivity index (χ2n) is 11.9. The highest BCUT2D eigenvalue weighted by atomic mass is 35.5. The fourth-order valence-electron chi connectivity index (χ4n) is 6.69. The first-order chi connectivity index (χ1) is 20.7. The van der Waals surface area contributed by atoms with Gasteiger partial charge in [0.05, 0.1) is 23.0 Å². The van der Waals surface area contributed by atoms with Crippen LogP contribution in [0.15, 0.2) is 40.2 Å². The van der Waals surface area contributed by atoms with Crippen molar-refractivity contribution in [2.45, 2.75) is 72.3 Å². The first kappa shape index (κ1) is 31.0. The maximum Gasteiger partial charge on any atom is 0.223 e. The van der Waals surface area contributed by atoms with Crippen molar-refractivity contribution >= 4 is 46.5 Å². The van der Waals surface area contributed by atoms with E-state index in [0.717, 1.165) is 66.3 Å². The van der Waals surface area contributed by atoms with E-state index in [1.54, 1.807) is 0 Å². The summed E-state index contributed by atoms with van der Waals surface area (Å²) in [5.41, 5.74) is 12.2. The summed E-state index contributed by atoms with van der Waals surface area (Å²) in [7, 11) is 0. The average molecular weight is 606 g/mol. The van der Waals surface area contributed by atoms with Crippen LogP contribution in [0.5, 0.6) is 5.75 Å². The molecule has 0 radical (unpaired) electrons. The molecule has 3 aliphatic heterocycles. The lowest BCUT2D eigenvalue weighted by Crippen LogP contribution is -2.54. The number of carbonyl (C=O) groups is 1. The van der Waals surface area contributed by atoms with E-state index in [9.17, 15) is 4.79 Å². The molecule has 1 aromatic carbocycles. The fraction of sp³-hybridized carbons (Fsp3) is 0.545. The number of hydrogen-bond acceptors (Lipinski definition) is 8. The Morgan fingerprint density at radius 1 is 1.23 bits per heavy atom. The number of benzene rings is 1. The average Bonchev–Trinajstić information content (AvgIpc) is 3.15. The minimum atomic E-state index is -0.0624. The number of carbonyl (C=O) groups excluding carboxylic acids is 1. The highest BCUT2D eigenvalue weighted by Crippen LogP contribution is 2.41. The second kappa shape index (κ2) is 13.5. The Balaban J connectivity index is 1.34. The number of nitrogens with zero attached hydrogens (tertiary/aromatic N) is 6. The number of rotatable bonds is 7. The van der Waals surface area contributed by atoms with E-state index < -0.39 is 0 Å². The van der Waals surface area contributed by atoms with Crippen molar-refractivity contribution in [3.05, 3.63) is 46.5 Å². The van der Waals surface area contributed by atoms with E-state index >= 15 is 0 Å². The Hall–Kier alpha value is -3.46. The van der Waals surface area contributed by atoms with Gasteiger partial charge in [-0.1, -0.05) is 25.4 Å². The molecule has 0 bridgehead atoms. The summed E-state index contributed by atoms with van der Waals surface area (Å²) in [6.07, 6.45) is 6.97. The zero-order valence-electron chi connectivity index (χ0n) is 26.0. The number of piperazine rings is 1. The summed E-state index contributed by atoms with van der Waals surface area (Å²) in [5.74, 6) is 1.57. The zero-order chi connectivity index (χ0) is 30.7. The van der Waals surface area contributed by atoms with E-state index in [2.05, 4.69) is 30.7 Å². The summed E-state index contributed by atoms with van der Waals surface area (Å²) in [4.78, 5) is 37.1. The third-order valence-electron chi connectivity index (χ3n) is 9.12. The van der Waals surface area contributed by atoms with Crippen LogP contribution in [-0.2, 0) is 4.79 Å². The van der Waals surface area contributed by atoms with Crippen LogP contribution in [0.1, 0.15) is 77.5 Å². The van der Waals surface area contributed by atoms with Gasteiger partial charge in [0.25, 0.3) is 0 Å². The van der Waals surface area contributed by atoms with Crippen molar-refractivity contribution < 1.29 is 9.53 Å². The van der Waals surface area contributed by atoms with Gasteiger partial charge in [0, 0.05) is 85.3 Å². The third-order valence-corrected chi connectivity index (χ3v) is 9.43. The predicted molar refractivity (Wildman–Crippen MR) is 175 cm³/mol. The lowest BCUT2D eigenvalue weighted by molar-refractivity contribution is -0.134. The molecule has 43 heavy (non-hydrogen) atoms. The Kier molecular flexibility index (Phi) is 9.69. The van der Waals surface area contributed by atoms with E-state index in [-0.39, 0.29) is 23.8 Å². The van der Waals surface area contributed by atoms with Gasteiger partial charge in [-0.15, -0.1) is 0 Å². The lowest BCUT2D eigenvalue weighted by Gasteiger charge is -2.41. The van der Waals surface area contributed by atoms with Crippen molar-refractivity contribution in [3.8, 4) is 5.75 Å². The molecule has 4 unspecified atom stereocenters. The highest BCUT2D eigenvalue weighted by Gasteiger charge is 2.35. The molecule has 0 saturated carbocycles. The molecule has 1 saturated heterocycles. The van der Waals surface area contributed by atoms with Gasteiger partial charge in [-0.2, -0.15) is 0 Å². The molecule has 9 nitrogen and oxygen atoms in total. The molecule has 4 heterocycles. The molecule has 0 spiro atoms. The van der Waals surface area contributed by atoms with Gasteiger partial charge in [0.2, 0.25) is 5.91 Å². The molecule has 1 amide bonds. The third kappa shape index (κ3) is 6.42. The topological polar surface area (TPSA) is 109 Å². The van der Waals surface area contributed by atoms with Crippen LogP contribution in [0.4, 0.5) is 11.5 Å². The molecular formula is C33H44ClN7O2. The van der Waals surface area contributed by atoms with Gasteiger partial charge in [0.1, 0.15) is 17.9 Å². The van der Waals surface area contributed by atoms with Gasteiger partial charge >= 0.3 is 0 Å². The molecule has 10 heteroatoms. The van der Waals surface area contributed by atoms with Gasteiger partial charge in [-0.05, 0) is 58.1 Å². The molecule has 4 atom stereocenters. The predicted octanol–water partition coefficient (Wildman–Crippen LogP) is 6.03. The van der Waals surface area contributed by atoms with Crippen LogP contribution in [0, 0.1) is 11.8 Å². The molecule has 5 rings (SSSR count). The lowest BCUT2D eigenvalue weighted by atomic mass is 9.82. The van der Waals surface area contributed by atoms with Gasteiger partial charge < -0.3 is 20.3 Å². The van der Waals surface area contributed by atoms with Gasteiger partial charge in [0.15, 0.2) is 0 Å². The standard InChI is InChI=1S/C33H44ClN7O2/c1-6-23-9-8-12-36-31(23)29-22(5)37-17-25(32-30(29)33(35)39-19-38-32)20(3)15-28(42)41-14-13-40(18-21(41)4)24-10-11-26(34)27(16-24)43-7-2/h10-12,16,19-21,23,25H,6-9,13-15,17-18H2,1-5H3,(H2,35,38,39)/b31-29-. The number of amides is 1. The van der Waals surface area contributed by atoms with Crippen molar-refractivity contribution in [1.29, 1.82) is 0 Å². The van der Waals surface area contributed by atoms with Crippen LogP contribution >= 0.6 is 11.6 Å².